The van der Waals surface area contributed by atoms with Crippen LogP contribution < -0.4 is 5.73 Å². The van der Waals surface area contributed by atoms with Crippen LogP contribution in [-0.2, 0) is 4.79 Å². The molecule has 1 amide bonds. The van der Waals surface area contributed by atoms with Gasteiger partial charge >= 0.3 is 0 Å². The van der Waals surface area contributed by atoms with E-state index in [1.54, 1.807) is 0 Å². The van der Waals surface area contributed by atoms with Crippen molar-refractivity contribution in [2.24, 2.45) is 5.73 Å². The summed E-state index contributed by atoms with van der Waals surface area (Å²) in [5.74, 6) is -0.185. The first kappa shape index (κ1) is 15.4. The number of likely N-dealkylation sites (N-methyl/N-ethyl adjacent to an activating group) is 1. The Morgan fingerprint density at radius 2 is 1.81 bits per heavy atom. The smallest absolute Gasteiger partial charge is 0.234 e. The molecule has 0 radical (unpaired) electrons. The van der Waals surface area contributed by atoms with Crippen molar-refractivity contribution < 1.29 is 4.79 Å². The maximum atomic E-state index is 10.6. The Labute approximate surface area is 100 Å². The Morgan fingerprint density at radius 3 is 2.06 bits per heavy atom. The number of hydrogen-bond donors (Lipinski definition) is 1. The zero-order valence-corrected chi connectivity index (χ0v) is 11.2. The molecular formula is C13H28N2O. The summed E-state index contributed by atoms with van der Waals surface area (Å²) in [6, 6.07) is 0.00463. The van der Waals surface area contributed by atoms with E-state index in [1.807, 2.05) is 11.9 Å². The van der Waals surface area contributed by atoms with Crippen LogP contribution in [0, 0.1) is 0 Å². The average molecular weight is 228 g/mol. The van der Waals surface area contributed by atoms with E-state index >= 15 is 0 Å². The van der Waals surface area contributed by atoms with Crippen LogP contribution in [0.4, 0.5) is 0 Å². The van der Waals surface area contributed by atoms with Crippen molar-refractivity contribution in [3.63, 3.8) is 0 Å². The molecule has 1 aliphatic heterocycles. The molecule has 1 heterocycles. The van der Waals surface area contributed by atoms with E-state index in [1.165, 1.54) is 32.1 Å². The lowest BCUT2D eigenvalue weighted by molar-refractivity contribution is -0.121. The number of rotatable bonds is 5. The van der Waals surface area contributed by atoms with E-state index in [4.69, 9.17) is 5.73 Å². The fourth-order valence-electron chi connectivity index (χ4n) is 1.95. The molecule has 0 spiro atoms. The van der Waals surface area contributed by atoms with Gasteiger partial charge in [0.25, 0.3) is 0 Å². The maximum absolute atomic E-state index is 10.6. The molecule has 0 saturated carbocycles. The molecule has 2 N–H and O–H groups in total. The summed E-state index contributed by atoms with van der Waals surface area (Å²) in [6.07, 6.45) is 9.05. The van der Waals surface area contributed by atoms with Crippen LogP contribution in [0.15, 0.2) is 0 Å². The zero-order chi connectivity index (χ0) is 12.4. The highest BCUT2D eigenvalue weighted by molar-refractivity contribution is 5.80. The fourth-order valence-corrected chi connectivity index (χ4v) is 1.95. The molecule has 3 heteroatoms. The van der Waals surface area contributed by atoms with Crippen LogP contribution in [0.5, 0.6) is 0 Å². The molecule has 1 rings (SSSR count). The van der Waals surface area contributed by atoms with Gasteiger partial charge in [-0.1, -0.05) is 46.0 Å². The molecule has 0 aliphatic carbocycles. The van der Waals surface area contributed by atoms with Gasteiger partial charge in [0.15, 0.2) is 0 Å². The van der Waals surface area contributed by atoms with E-state index in [2.05, 4.69) is 13.8 Å². The molecule has 0 bridgehead atoms. The lowest BCUT2D eigenvalue weighted by Gasteiger charge is -2.14. The van der Waals surface area contributed by atoms with E-state index in [0.717, 1.165) is 19.4 Å². The van der Waals surface area contributed by atoms with Crippen molar-refractivity contribution in [1.82, 2.24) is 4.90 Å². The Morgan fingerprint density at radius 1 is 1.25 bits per heavy atom. The zero-order valence-electron chi connectivity index (χ0n) is 11.2. The standard InChI is InChI=1S/C7H16.C6H12N2O/c1-3-5-7-6-4-2;1-8-4-2-3-5(8)6(7)9/h3-7H2,1-2H3;5H,2-4H2,1H3,(H2,7,9). The van der Waals surface area contributed by atoms with Crippen molar-refractivity contribution in [3.8, 4) is 0 Å². The predicted molar refractivity (Wildman–Crippen MR) is 69.3 cm³/mol. The molecule has 1 aliphatic rings. The molecule has 1 atom stereocenters. The highest BCUT2D eigenvalue weighted by Crippen LogP contribution is 2.13. The Bertz CT molecular complexity index is 179. The average Bonchev–Trinajstić information content (AvgIpc) is 2.66. The number of likely N-dealkylation sites (tertiary alicyclic amines) is 1. The number of carbonyl (C=O) groups is 1. The molecule has 0 aromatic carbocycles. The fraction of sp³-hybridized carbons (Fsp3) is 0.923. The number of nitrogens with two attached hydrogens (primary N) is 1. The maximum Gasteiger partial charge on any atom is 0.234 e. The monoisotopic (exact) mass is 228 g/mol. The first-order chi connectivity index (χ1) is 7.63. The number of nitrogens with zero attached hydrogens (tertiary/aromatic N) is 1. The Balaban J connectivity index is 0.000000293. The van der Waals surface area contributed by atoms with Gasteiger partial charge in [0.2, 0.25) is 5.91 Å². The van der Waals surface area contributed by atoms with Crippen LogP contribution >= 0.6 is 0 Å². The number of primary amides is 1. The van der Waals surface area contributed by atoms with Gasteiger partial charge in [-0.2, -0.15) is 0 Å². The van der Waals surface area contributed by atoms with Gasteiger partial charge in [-0.3, -0.25) is 9.69 Å². The highest BCUT2D eigenvalue weighted by Gasteiger charge is 2.24. The van der Waals surface area contributed by atoms with Gasteiger partial charge in [-0.25, -0.2) is 0 Å². The molecule has 1 unspecified atom stereocenters. The van der Waals surface area contributed by atoms with Crippen molar-refractivity contribution in [1.29, 1.82) is 0 Å². The topological polar surface area (TPSA) is 46.3 Å². The van der Waals surface area contributed by atoms with Gasteiger partial charge in [-0.15, -0.1) is 0 Å². The second-order valence-corrected chi connectivity index (χ2v) is 4.60. The third kappa shape index (κ3) is 6.83. The lowest BCUT2D eigenvalue weighted by atomic mass is 10.2. The molecule has 3 nitrogen and oxygen atoms in total. The van der Waals surface area contributed by atoms with Gasteiger partial charge in [0.05, 0.1) is 6.04 Å². The summed E-state index contributed by atoms with van der Waals surface area (Å²) in [4.78, 5) is 12.6. The predicted octanol–water partition coefficient (Wildman–Crippen LogP) is 2.54. The van der Waals surface area contributed by atoms with Crippen LogP contribution in [0.1, 0.15) is 58.8 Å². The van der Waals surface area contributed by atoms with Crippen LogP contribution in [0.2, 0.25) is 0 Å². The van der Waals surface area contributed by atoms with Crippen molar-refractivity contribution in [2.75, 3.05) is 13.6 Å². The summed E-state index contributed by atoms with van der Waals surface area (Å²) in [6.45, 7) is 5.50. The highest BCUT2D eigenvalue weighted by atomic mass is 16.1. The Hall–Kier alpha value is -0.570. The van der Waals surface area contributed by atoms with Crippen molar-refractivity contribution >= 4 is 5.91 Å². The van der Waals surface area contributed by atoms with Gasteiger partial charge in [0.1, 0.15) is 0 Å². The van der Waals surface area contributed by atoms with E-state index in [-0.39, 0.29) is 11.9 Å². The number of amides is 1. The van der Waals surface area contributed by atoms with E-state index in [0.29, 0.717) is 0 Å². The minimum absolute atomic E-state index is 0.00463. The van der Waals surface area contributed by atoms with Crippen LogP contribution in [-0.4, -0.2) is 30.4 Å². The molecule has 1 fully saturated rings. The minimum atomic E-state index is -0.185. The van der Waals surface area contributed by atoms with E-state index < -0.39 is 0 Å². The van der Waals surface area contributed by atoms with Gasteiger partial charge in [0, 0.05) is 0 Å². The van der Waals surface area contributed by atoms with E-state index in [9.17, 15) is 4.79 Å². The molecule has 0 aromatic heterocycles. The van der Waals surface area contributed by atoms with Crippen molar-refractivity contribution in [2.45, 2.75) is 64.8 Å². The summed E-state index contributed by atoms with van der Waals surface area (Å²) >= 11 is 0. The second-order valence-electron chi connectivity index (χ2n) is 4.60. The second kappa shape index (κ2) is 9.64. The molecule has 96 valence electrons. The number of unbranched alkanes of at least 4 members (excludes halogenated alkanes) is 4. The van der Waals surface area contributed by atoms with Crippen LogP contribution in [0.25, 0.3) is 0 Å². The third-order valence-corrected chi connectivity index (χ3v) is 3.06. The molecule has 0 aromatic rings. The Kier molecular flexibility index (Phi) is 9.30. The summed E-state index contributed by atoms with van der Waals surface area (Å²) in [7, 11) is 1.93. The normalized spacial score (nSPS) is 20.3. The number of carbonyl (C=O) groups excluding carboxylic acids is 1. The molecule has 16 heavy (non-hydrogen) atoms. The van der Waals surface area contributed by atoms with Crippen LogP contribution in [0.3, 0.4) is 0 Å². The minimum Gasteiger partial charge on any atom is -0.368 e. The molecule has 1 saturated heterocycles. The van der Waals surface area contributed by atoms with Crippen molar-refractivity contribution in [3.05, 3.63) is 0 Å². The largest absolute Gasteiger partial charge is 0.368 e. The quantitative estimate of drug-likeness (QED) is 0.735. The van der Waals surface area contributed by atoms with Gasteiger partial charge < -0.3 is 5.73 Å². The summed E-state index contributed by atoms with van der Waals surface area (Å²) < 4.78 is 0. The number of hydrogen-bond acceptors (Lipinski definition) is 2. The van der Waals surface area contributed by atoms with Gasteiger partial charge in [-0.05, 0) is 26.4 Å². The summed E-state index contributed by atoms with van der Waals surface area (Å²) in [5.41, 5.74) is 5.11. The molecular weight excluding hydrogens is 200 g/mol. The SMILES string of the molecule is CCCCCCC.CN1CCCC1C(N)=O. The summed E-state index contributed by atoms with van der Waals surface area (Å²) in [5, 5.41) is 0. The first-order valence-electron chi connectivity index (χ1n) is 6.63. The first-order valence-corrected chi connectivity index (χ1v) is 6.63. The third-order valence-electron chi connectivity index (χ3n) is 3.06. The lowest BCUT2D eigenvalue weighted by Crippen LogP contribution is -2.37.